The van der Waals surface area contributed by atoms with E-state index in [0.29, 0.717) is 5.92 Å². The van der Waals surface area contributed by atoms with E-state index in [0.717, 1.165) is 10.9 Å². The van der Waals surface area contributed by atoms with Crippen molar-refractivity contribution in [3.63, 3.8) is 0 Å². The Morgan fingerprint density at radius 3 is 2.20 bits per heavy atom. The van der Waals surface area contributed by atoms with Crippen LogP contribution < -0.4 is 0 Å². The third-order valence-electron chi connectivity index (χ3n) is 3.69. The van der Waals surface area contributed by atoms with Crippen molar-refractivity contribution in [2.24, 2.45) is 0 Å². The number of aliphatic hydroxyl groups excluding tert-OH is 1. The standard InChI is InChI=1S/C18H21BrO/c1-13(2)15-9-7-14(8-10-15)11-16(12-20)17-5-3-4-6-18(17)19/h3-10,13,16,20H,11-12H2,1-2H3. The molecule has 1 nitrogen and oxygen atoms in total. The van der Waals surface area contributed by atoms with E-state index < -0.39 is 0 Å². The second kappa shape index (κ2) is 7.05. The number of hydrogen-bond acceptors (Lipinski definition) is 1. The van der Waals surface area contributed by atoms with Crippen molar-refractivity contribution in [1.82, 2.24) is 0 Å². The summed E-state index contributed by atoms with van der Waals surface area (Å²) in [5.41, 5.74) is 3.79. The lowest BCUT2D eigenvalue weighted by molar-refractivity contribution is 0.264. The van der Waals surface area contributed by atoms with Crippen LogP contribution >= 0.6 is 15.9 Å². The van der Waals surface area contributed by atoms with Gasteiger partial charge in [-0.05, 0) is 35.1 Å². The first-order valence-corrected chi connectivity index (χ1v) is 7.85. The molecule has 0 spiro atoms. The zero-order valence-electron chi connectivity index (χ0n) is 12.0. The van der Waals surface area contributed by atoms with Gasteiger partial charge in [-0.15, -0.1) is 0 Å². The van der Waals surface area contributed by atoms with E-state index in [-0.39, 0.29) is 12.5 Å². The van der Waals surface area contributed by atoms with Crippen LogP contribution in [0.1, 0.15) is 42.4 Å². The molecule has 20 heavy (non-hydrogen) atoms. The number of halogens is 1. The summed E-state index contributed by atoms with van der Waals surface area (Å²) in [6.45, 7) is 4.56. The Labute approximate surface area is 129 Å². The summed E-state index contributed by atoms with van der Waals surface area (Å²) in [4.78, 5) is 0. The maximum absolute atomic E-state index is 9.69. The molecule has 0 saturated carbocycles. The highest BCUT2D eigenvalue weighted by Gasteiger charge is 2.14. The normalized spacial score (nSPS) is 12.7. The number of hydrogen-bond donors (Lipinski definition) is 1. The van der Waals surface area contributed by atoms with E-state index in [4.69, 9.17) is 0 Å². The molecule has 0 aromatic heterocycles. The van der Waals surface area contributed by atoms with Gasteiger partial charge in [0.2, 0.25) is 0 Å². The first-order valence-electron chi connectivity index (χ1n) is 7.06. The largest absolute Gasteiger partial charge is 0.396 e. The van der Waals surface area contributed by atoms with E-state index in [9.17, 15) is 5.11 Å². The lowest BCUT2D eigenvalue weighted by Gasteiger charge is -2.17. The Morgan fingerprint density at radius 2 is 1.65 bits per heavy atom. The monoisotopic (exact) mass is 332 g/mol. The van der Waals surface area contributed by atoms with Crippen LogP contribution in [-0.4, -0.2) is 11.7 Å². The van der Waals surface area contributed by atoms with E-state index in [1.807, 2.05) is 18.2 Å². The van der Waals surface area contributed by atoms with Crippen LogP contribution in [-0.2, 0) is 6.42 Å². The van der Waals surface area contributed by atoms with Gasteiger partial charge in [0.25, 0.3) is 0 Å². The second-order valence-electron chi connectivity index (χ2n) is 5.50. The van der Waals surface area contributed by atoms with Gasteiger partial charge in [0.15, 0.2) is 0 Å². The predicted octanol–water partition coefficient (Wildman–Crippen LogP) is 4.89. The lowest BCUT2D eigenvalue weighted by atomic mass is 9.91. The van der Waals surface area contributed by atoms with E-state index in [1.165, 1.54) is 16.7 Å². The van der Waals surface area contributed by atoms with Crippen molar-refractivity contribution < 1.29 is 5.11 Å². The van der Waals surface area contributed by atoms with E-state index >= 15 is 0 Å². The summed E-state index contributed by atoms with van der Waals surface area (Å²) >= 11 is 3.57. The van der Waals surface area contributed by atoms with Crippen LogP contribution in [0.3, 0.4) is 0 Å². The van der Waals surface area contributed by atoms with Gasteiger partial charge in [0, 0.05) is 10.4 Å². The zero-order chi connectivity index (χ0) is 14.5. The topological polar surface area (TPSA) is 20.2 Å². The van der Waals surface area contributed by atoms with Gasteiger partial charge in [0.1, 0.15) is 0 Å². The Bertz CT molecular complexity index is 546. The first kappa shape index (κ1) is 15.3. The minimum atomic E-state index is 0.135. The van der Waals surface area contributed by atoms with Gasteiger partial charge in [-0.1, -0.05) is 72.2 Å². The molecule has 1 N–H and O–H groups in total. The van der Waals surface area contributed by atoms with E-state index in [2.05, 4.69) is 60.1 Å². The van der Waals surface area contributed by atoms with Crippen LogP contribution in [0, 0.1) is 0 Å². The molecule has 1 atom stereocenters. The van der Waals surface area contributed by atoms with Crippen molar-refractivity contribution in [2.45, 2.75) is 32.1 Å². The lowest BCUT2D eigenvalue weighted by Crippen LogP contribution is -2.08. The van der Waals surface area contributed by atoms with E-state index in [1.54, 1.807) is 0 Å². The third kappa shape index (κ3) is 3.71. The van der Waals surface area contributed by atoms with Crippen molar-refractivity contribution in [3.8, 4) is 0 Å². The summed E-state index contributed by atoms with van der Waals surface area (Å²) in [5, 5.41) is 9.69. The summed E-state index contributed by atoms with van der Waals surface area (Å²) in [6.07, 6.45) is 0.859. The maximum Gasteiger partial charge on any atom is 0.0503 e. The first-order chi connectivity index (χ1) is 9.61. The van der Waals surface area contributed by atoms with Crippen LogP contribution in [0.5, 0.6) is 0 Å². The van der Waals surface area contributed by atoms with Gasteiger partial charge in [-0.2, -0.15) is 0 Å². The van der Waals surface area contributed by atoms with Gasteiger partial charge in [0.05, 0.1) is 6.61 Å². The van der Waals surface area contributed by atoms with Crippen LogP contribution in [0.2, 0.25) is 0 Å². The molecule has 2 aromatic carbocycles. The number of benzene rings is 2. The maximum atomic E-state index is 9.69. The molecule has 0 aliphatic carbocycles. The molecular weight excluding hydrogens is 312 g/mol. The molecule has 0 amide bonds. The summed E-state index contributed by atoms with van der Waals surface area (Å²) < 4.78 is 1.07. The molecule has 0 aliphatic rings. The third-order valence-corrected chi connectivity index (χ3v) is 4.42. The molecule has 1 unspecified atom stereocenters. The Morgan fingerprint density at radius 1 is 1.00 bits per heavy atom. The molecule has 0 aliphatic heterocycles. The molecule has 2 aromatic rings. The summed E-state index contributed by atoms with van der Waals surface area (Å²) in [5.74, 6) is 0.691. The van der Waals surface area contributed by atoms with Crippen molar-refractivity contribution >= 4 is 15.9 Å². The average Bonchev–Trinajstić information content (AvgIpc) is 2.46. The van der Waals surface area contributed by atoms with Gasteiger partial charge < -0.3 is 5.11 Å². The Hall–Kier alpha value is -1.12. The van der Waals surface area contributed by atoms with Crippen LogP contribution in [0.15, 0.2) is 53.0 Å². The quantitative estimate of drug-likeness (QED) is 0.826. The molecule has 2 heteroatoms. The summed E-state index contributed by atoms with van der Waals surface area (Å²) in [7, 11) is 0. The highest BCUT2D eigenvalue weighted by molar-refractivity contribution is 9.10. The minimum absolute atomic E-state index is 0.135. The van der Waals surface area contributed by atoms with Crippen molar-refractivity contribution in [1.29, 1.82) is 0 Å². The van der Waals surface area contributed by atoms with Crippen molar-refractivity contribution in [2.75, 3.05) is 6.61 Å². The van der Waals surface area contributed by atoms with Crippen LogP contribution in [0.25, 0.3) is 0 Å². The zero-order valence-corrected chi connectivity index (χ0v) is 13.6. The SMILES string of the molecule is CC(C)c1ccc(CC(CO)c2ccccc2Br)cc1. The van der Waals surface area contributed by atoms with Crippen LogP contribution in [0.4, 0.5) is 0 Å². The van der Waals surface area contributed by atoms with Gasteiger partial charge in [-0.25, -0.2) is 0 Å². The smallest absolute Gasteiger partial charge is 0.0503 e. The highest BCUT2D eigenvalue weighted by atomic mass is 79.9. The van der Waals surface area contributed by atoms with Gasteiger partial charge >= 0.3 is 0 Å². The fourth-order valence-electron chi connectivity index (χ4n) is 2.40. The molecular formula is C18H21BrO. The molecule has 0 bridgehead atoms. The fraction of sp³-hybridized carbons (Fsp3) is 0.333. The number of aliphatic hydroxyl groups is 1. The predicted molar refractivity (Wildman–Crippen MR) is 88.2 cm³/mol. The summed E-state index contributed by atoms with van der Waals surface area (Å²) in [6, 6.07) is 16.9. The Balaban J connectivity index is 2.16. The second-order valence-corrected chi connectivity index (χ2v) is 6.36. The molecule has 2 rings (SSSR count). The molecule has 0 saturated heterocycles. The Kier molecular flexibility index (Phi) is 5.38. The number of rotatable bonds is 5. The molecule has 0 fully saturated rings. The average molecular weight is 333 g/mol. The minimum Gasteiger partial charge on any atom is -0.396 e. The highest BCUT2D eigenvalue weighted by Crippen LogP contribution is 2.28. The molecule has 0 radical (unpaired) electrons. The fourth-order valence-corrected chi connectivity index (χ4v) is 3.01. The molecule has 0 heterocycles. The van der Waals surface area contributed by atoms with Crippen molar-refractivity contribution in [3.05, 3.63) is 69.7 Å². The van der Waals surface area contributed by atoms with Gasteiger partial charge in [-0.3, -0.25) is 0 Å². The molecule has 106 valence electrons.